The van der Waals surface area contributed by atoms with Crippen LogP contribution < -0.4 is 4.72 Å². The van der Waals surface area contributed by atoms with Crippen LogP contribution in [0.5, 0.6) is 0 Å². The molecule has 1 aromatic heterocycles. The molecule has 2 N–H and O–H groups in total. The van der Waals surface area contributed by atoms with Crippen LogP contribution in [0.15, 0.2) is 56.9 Å². The van der Waals surface area contributed by atoms with E-state index in [9.17, 15) is 16.8 Å². The molecule has 0 amide bonds. The number of H-pyrrole nitrogens is 1. The van der Waals surface area contributed by atoms with Gasteiger partial charge in [-0.05, 0) is 46.3 Å². The molecule has 2 aromatic carbocycles. The second kappa shape index (κ2) is 5.87. The van der Waals surface area contributed by atoms with E-state index >= 15 is 0 Å². The molecule has 10 heteroatoms. The Bertz CT molecular complexity index is 1140. The highest BCUT2D eigenvalue weighted by molar-refractivity contribution is 9.10. The summed E-state index contributed by atoms with van der Waals surface area (Å²) < 4.78 is 51.8. The molecule has 3 rings (SSSR count). The van der Waals surface area contributed by atoms with Crippen molar-refractivity contribution in [2.75, 3.05) is 11.0 Å². The molecule has 0 aliphatic rings. The number of nitrogens with one attached hydrogen (secondary N) is 2. The van der Waals surface area contributed by atoms with Gasteiger partial charge in [-0.25, -0.2) is 16.8 Å². The predicted molar refractivity (Wildman–Crippen MR) is 94.2 cm³/mol. The molecule has 0 radical (unpaired) electrons. The third-order valence-corrected chi connectivity index (χ3v) is 6.63. The zero-order valence-corrected chi connectivity index (χ0v) is 15.5. The lowest BCUT2D eigenvalue weighted by Crippen LogP contribution is -2.16. The number of halogens is 1. The summed E-state index contributed by atoms with van der Waals surface area (Å²) in [4.78, 5) is -0.540. The standard InChI is InChI=1S/C14H12BrN3O4S2/c1-23(19,20)12-4-2-3-5-13(12)24(21,22)18-9-6-7-11-10(8-9)14(15)17-16-11/h2-8,18H,1H3,(H,16,17). The van der Waals surface area contributed by atoms with Crippen molar-refractivity contribution in [1.82, 2.24) is 10.2 Å². The molecular formula is C14H12BrN3O4S2. The van der Waals surface area contributed by atoms with Crippen LogP contribution in [0.2, 0.25) is 0 Å². The zero-order valence-electron chi connectivity index (χ0n) is 12.3. The van der Waals surface area contributed by atoms with Crippen LogP contribution in [0.25, 0.3) is 10.9 Å². The maximum atomic E-state index is 12.6. The zero-order chi connectivity index (χ0) is 17.5. The highest BCUT2D eigenvalue weighted by atomic mass is 79.9. The van der Waals surface area contributed by atoms with Gasteiger partial charge in [0.25, 0.3) is 10.0 Å². The number of fused-ring (bicyclic) bond motifs is 1. The maximum absolute atomic E-state index is 12.6. The smallest absolute Gasteiger partial charge is 0.263 e. The van der Waals surface area contributed by atoms with Crippen molar-refractivity contribution in [1.29, 1.82) is 0 Å². The molecular weight excluding hydrogens is 418 g/mol. The second-order valence-electron chi connectivity index (χ2n) is 5.10. The van der Waals surface area contributed by atoms with E-state index in [1.165, 1.54) is 24.3 Å². The van der Waals surface area contributed by atoms with Gasteiger partial charge in [-0.3, -0.25) is 9.82 Å². The molecule has 0 bridgehead atoms. The summed E-state index contributed by atoms with van der Waals surface area (Å²) in [6, 6.07) is 10.3. The summed E-state index contributed by atoms with van der Waals surface area (Å²) in [5.41, 5.74) is 1.04. The SMILES string of the molecule is CS(=O)(=O)c1ccccc1S(=O)(=O)Nc1ccc2[nH]nc(Br)c2c1. The molecule has 0 unspecified atom stereocenters. The van der Waals surface area contributed by atoms with Crippen LogP contribution in [-0.2, 0) is 19.9 Å². The average Bonchev–Trinajstić information content (AvgIpc) is 2.87. The number of benzene rings is 2. The van der Waals surface area contributed by atoms with Crippen molar-refractivity contribution in [3.63, 3.8) is 0 Å². The summed E-state index contributed by atoms with van der Waals surface area (Å²) in [5.74, 6) is 0. The van der Waals surface area contributed by atoms with Gasteiger partial charge in [0.15, 0.2) is 9.84 Å². The molecule has 0 aliphatic carbocycles. The Morgan fingerprint density at radius 3 is 2.38 bits per heavy atom. The van der Waals surface area contributed by atoms with Gasteiger partial charge in [-0.15, -0.1) is 0 Å². The highest BCUT2D eigenvalue weighted by Gasteiger charge is 2.23. The third kappa shape index (κ3) is 3.17. The van der Waals surface area contributed by atoms with Gasteiger partial charge in [0.2, 0.25) is 0 Å². The minimum absolute atomic E-state index is 0.247. The molecule has 126 valence electrons. The second-order valence-corrected chi connectivity index (χ2v) is 9.49. The van der Waals surface area contributed by atoms with E-state index in [2.05, 4.69) is 30.8 Å². The Morgan fingerprint density at radius 1 is 1.04 bits per heavy atom. The van der Waals surface area contributed by atoms with E-state index in [0.29, 0.717) is 15.7 Å². The first-order valence-corrected chi connectivity index (χ1v) is 10.8. The van der Waals surface area contributed by atoms with Crippen LogP contribution in [0.1, 0.15) is 0 Å². The Labute approximate surface area is 147 Å². The van der Waals surface area contributed by atoms with Crippen LogP contribution >= 0.6 is 15.9 Å². The van der Waals surface area contributed by atoms with Crippen LogP contribution in [0.3, 0.4) is 0 Å². The number of anilines is 1. The van der Waals surface area contributed by atoms with Gasteiger partial charge in [-0.2, -0.15) is 5.10 Å². The summed E-state index contributed by atoms with van der Waals surface area (Å²) >= 11 is 3.26. The number of aromatic nitrogens is 2. The van der Waals surface area contributed by atoms with Crippen LogP contribution in [-0.4, -0.2) is 33.3 Å². The van der Waals surface area contributed by atoms with Gasteiger partial charge >= 0.3 is 0 Å². The number of hydrogen-bond donors (Lipinski definition) is 2. The molecule has 1 heterocycles. The lowest BCUT2D eigenvalue weighted by molar-refractivity contribution is 0.588. The number of aromatic amines is 1. The fraction of sp³-hybridized carbons (Fsp3) is 0.0714. The summed E-state index contributed by atoms with van der Waals surface area (Å²) in [5, 5.41) is 7.46. The van der Waals surface area contributed by atoms with E-state index in [0.717, 1.165) is 11.8 Å². The lowest BCUT2D eigenvalue weighted by atomic mass is 10.2. The summed E-state index contributed by atoms with van der Waals surface area (Å²) in [6.07, 6.45) is 0.968. The first-order chi connectivity index (χ1) is 11.2. The van der Waals surface area contributed by atoms with Gasteiger partial charge in [-0.1, -0.05) is 12.1 Å². The molecule has 7 nitrogen and oxygen atoms in total. The topological polar surface area (TPSA) is 109 Å². The van der Waals surface area contributed by atoms with Crippen molar-refractivity contribution < 1.29 is 16.8 Å². The molecule has 0 aliphatic heterocycles. The van der Waals surface area contributed by atoms with E-state index in [1.54, 1.807) is 18.2 Å². The number of sulfone groups is 1. The van der Waals surface area contributed by atoms with Crippen molar-refractivity contribution in [2.24, 2.45) is 0 Å². The normalized spacial score (nSPS) is 12.4. The first kappa shape index (κ1) is 16.9. The minimum Gasteiger partial charge on any atom is -0.280 e. The first-order valence-electron chi connectivity index (χ1n) is 6.64. The van der Waals surface area contributed by atoms with E-state index < -0.39 is 19.9 Å². The molecule has 0 saturated heterocycles. The summed E-state index contributed by atoms with van der Waals surface area (Å²) in [6.45, 7) is 0. The third-order valence-electron chi connectivity index (χ3n) is 3.31. The Hall–Kier alpha value is -1.91. The Kier molecular flexibility index (Phi) is 4.14. The van der Waals surface area contributed by atoms with Crippen LogP contribution in [0, 0.1) is 0 Å². The predicted octanol–water partition coefficient (Wildman–Crippen LogP) is 2.53. The Balaban J connectivity index is 2.07. The maximum Gasteiger partial charge on any atom is 0.263 e. The number of rotatable bonds is 4. The van der Waals surface area contributed by atoms with E-state index in [1.807, 2.05) is 0 Å². The highest BCUT2D eigenvalue weighted by Crippen LogP contribution is 2.27. The van der Waals surface area contributed by atoms with Gasteiger partial charge in [0.05, 0.1) is 10.4 Å². The molecule has 24 heavy (non-hydrogen) atoms. The molecule has 0 spiro atoms. The van der Waals surface area contributed by atoms with Gasteiger partial charge in [0.1, 0.15) is 9.50 Å². The largest absolute Gasteiger partial charge is 0.280 e. The van der Waals surface area contributed by atoms with Crippen molar-refractivity contribution in [3.8, 4) is 0 Å². The van der Waals surface area contributed by atoms with Gasteiger partial charge < -0.3 is 0 Å². The number of sulfonamides is 1. The summed E-state index contributed by atoms with van der Waals surface area (Å²) in [7, 11) is -7.75. The van der Waals surface area contributed by atoms with Gasteiger partial charge in [0, 0.05) is 17.3 Å². The number of hydrogen-bond acceptors (Lipinski definition) is 5. The fourth-order valence-corrected chi connectivity index (χ4v) is 5.33. The molecule has 0 fully saturated rings. The lowest BCUT2D eigenvalue weighted by Gasteiger charge is -2.11. The van der Waals surface area contributed by atoms with Crippen LogP contribution in [0.4, 0.5) is 5.69 Å². The van der Waals surface area contributed by atoms with E-state index in [-0.39, 0.29) is 9.79 Å². The quantitative estimate of drug-likeness (QED) is 0.661. The fourth-order valence-electron chi connectivity index (χ4n) is 2.23. The molecule has 3 aromatic rings. The molecule has 0 atom stereocenters. The molecule has 0 saturated carbocycles. The van der Waals surface area contributed by atoms with E-state index in [4.69, 9.17) is 0 Å². The number of nitrogens with zero attached hydrogens (tertiary/aromatic N) is 1. The monoisotopic (exact) mass is 429 g/mol. The average molecular weight is 430 g/mol. The Morgan fingerprint density at radius 2 is 1.71 bits per heavy atom. The van der Waals surface area contributed by atoms with Crippen molar-refractivity contribution >= 4 is 52.4 Å². The van der Waals surface area contributed by atoms with Crippen molar-refractivity contribution in [2.45, 2.75) is 9.79 Å². The van der Waals surface area contributed by atoms with Crippen molar-refractivity contribution in [3.05, 3.63) is 47.1 Å². The minimum atomic E-state index is -4.07.